The molecule has 112 valence electrons. The highest BCUT2D eigenvalue weighted by Gasteiger charge is 2.13. The summed E-state index contributed by atoms with van der Waals surface area (Å²) in [6.45, 7) is 0.290. The maximum Gasteiger partial charge on any atom is 0.242 e. The zero-order valence-electron chi connectivity index (χ0n) is 11.4. The summed E-state index contributed by atoms with van der Waals surface area (Å²) in [4.78, 5) is 3.86. The lowest BCUT2D eigenvalue weighted by atomic mass is 10.1. The monoisotopic (exact) mass is 326 g/mol. The molecule has 0 amide bonds. The summed E-state index contributed by atoms with van der Waals surface area (Å²) in [5.74, 6) is 0.747. The molecule has 0 atom stereocenters. The Hall–Kier alpha value is -1.63. The Kier molecular flexibility index (Phi) is 5.17. The molecule has 0 fully saturated rings. The molecule has 0 aliphatic carbocycles. The minimum atomic E-state index is -3.57. The van der Waals surface area contributed by atoms with Crippen LogP contribution in [0.2, 0.25) is 5.15 Å². The normalized spacial score (nSPS) is 11.3. The van der Waals surface area contributed by atoms with Gasteiger partial charge < -0.3 is 4.74 Å². The van der Waals surface area contributed by atoms with Crippen molar-refractivity contribution in [1.29, 1.82) is 0 Å². The largest absolute Gasteiger partial charge is 0.497 e. The summed E-state index contributed by atoms with van der Waals surface area (Å²) in [5, 5.41) is 0.255. The lowest BCUT2D eigenvalue weighted by Crippen LogP contribution is -2.26. The molecule has 1 N–H and O–H groups in total. The van der Waals surface area contributed by atoms with Crippen molar-refractivity contribution in [3.05, 3.63) is 53.3 Å². The maximum atomic E-state index is 12.0. The van der Waals surface area contributed by atoms with Gasteiger partial charge in [0.05, 0.1) is 7.11 Å². The summed E-state index contributed by atoms with van der Waals surface area (Å²) >= 11 is 5.64. The van der Waals surface area contributed by atoms with Gasteiger partial charge in [-0.3, -0.25) is 0 Å². The molecule has 5 nitrogen and oxygen atoms in total. The van der Waals surface area contributed by atoms with Crippen LogP contribution < -0.4 is 9.46 Å². The first-order chi connectivity index (χ1) is 10.0. The Labute approximate surface area is 129 Å². The van der Waals surface area contributed by atoms with E-state index in [2.05, 4.69) is 9.71 Å². The zero-order valence-corrected chi connectivity index (χ0v) is 13.0. The van der Waals surface area contributed by atoms with Crippen LogP contribution in [0, 0.1) is 0 Å². The van der Waals surface area contributed by atoms with Gasteiger partial charge in [0.15, 0.2) is 0 Å². The first-order valence-corrected chi connectivity index (χ1v) is 8.11. The fourth-order valence-electron chi connectivity index (χ4n) is 1.76. The molecule has 21 heavy (non-hydrogen) atoms. The number of nitrogens with one attached hydrogen (secondary N) is 1. The van der Waals surface area contributed by atoms with E-state index in [1.807, 2.05) is 24.3 Å². The third-order valence-corrected chi connectivity index (χ3v) is 4.52. The van der Waals surface area contributed by atoms with Gasteiger partial charge in [-0.25, -0.2) is 18.1 Å². The van der Waals surface area contributed by atoms with E-state index in [0.29, 0.717) is 6.42 Å². The highest BCUT2D eigenvalue weighted by molar-refractivity contribution is 7.89. The van der Waals surface area contributed by atoms with E-state index in [1.165, 1.54) is 18.3 Å². The third kappa shape index (κ3) is 4.42. The Morgan fingerprint density at radius 2 is 2.10 bits per heavy atom. The van der Waals surface area contributed by atoms with E-state index in [1.54, 1.807) is 7.11 Å². The van der Waals surface area contributed by atoms with E-state index in [4.69, 9.17) is 16.3 Å². The lowest BCUT2D eigenvalue weighted by molar-refractivity contribution is 0.414. The number of sulfonamides is 1. The van der Waals surface area contributed by atoms with E-state index >= 15 is 0 Å². The maximum absolute atomic E-state index is 12.0. The van der Waals surface area contributed by atoms with E-state index in [9.17, 15) is 8.42 Å². The summed E-state index contributed by atoms with van der Waals surface area (Å²) in [6, 6.07) is 10.4. The van der Waals surface area contributed by atoms with Crippen molar-refractivity contribution in [2.45, 2.75) is 11.3 Å². The number of benzene rings is 1. The second-order valence-corrected chi connectivity index (χ2v) is 6.47. The number of pyridine rings is 1. The van der Waals surface area contributed by atoms with Gasteiger partial charge in [-0.2, -0.15) is 0 Å². The molecular weight excluding hydrogens is 312 g/mol. The second-order valence-electron chi connectivity index (χ2n) is 4.32. The van der Waals surface area contributed by atoms with Crippen molar-refractivity contribution in [3.8, 4) is 5.75 Å². The number of aromatic nitrogens is 1. The summed E-state index contributed by atoms with van der Waals surface area (Å²) < 4.78 is 31.7. The second kappa shape index (κ2) is 6.89. The Morgan fingerprint density at radius 1 is 1.29 bits per heavy atom. The standard InChI is InChI=1S/C14H15ClN2O3S/c1-20-12-4-2-3-11(9-12)7-8-17-21(18,19)13-5-6-14(15)16-10-13/h2-6,9-10,17H,7-8H2,1H3. The van der Waals surface area contributed by atoms with Gasteiger partial charge in [0, 0.05) is 12.7 Å². The number of ether oxygens (including phenoxy) is 1. The number of halogens is 1. The first-order valence-electron chi connectivity index (χ1n) is 6.25. The molecule has 1 heterocycles. The predicted octanol–water partition coefficient (Wildman–Crippen LogP) is 2.26. The summed E-state index contributed by atoms with van der Waals surface area (Å²) in [7, 11) is -1.97. The quantitative estimate of drug-likeness (QED) is 0.827. The molecule has 7 heteroatoms. The van der Waals surface area contributed by atoms with Crippen LogP contribution in [0.5, 0.6) is 5.75 Å². The highest BCUT2D eigenvalue weighted by Crippen LogP contribution is 2.13. The minimum absolute atomic E-state index is 0.0949. The van der Waals surface area contributed by atoms with E-state index in [0.717, 1.165) is 11.3 Å². The first kappa shape index (κ1) is 15.8. The van der Waals surface area contributed by atoms with Gasteiger partial charge in [-0.1, -0.05) is 23.7 Å². The Balaban J connectivity index is 1.97. The smallest absolute Gasteiger partial charge is 0.242 e. The van der Waals surface area contributed by atoms with Crippen molar-refractivity contribution in [1.82, 2.24) is 9.71 Å². The van der Waals surface area contributed by atoms with Crippen LogP contribution in [0.3, 0.4) is 0 Å². The number of nitrogens with zero attached hydrogens (tertiary/aromatic N) is 1. The summed E-state index contributed by atoms with van der Waals surface area (Å²) in [5.41, 5.74) is 0.992. The average molecular weight is 327 g/mol. The molecular formula is C14H15ClN2O3S. The predicted molar refractivity (Wildman–Crippen MR) is 81.1 cm³/mol. The molecule has 1 aromatic heterocycles. The van der Waals surface area contributed by atoms with Crippen molar-refractivity contribution in [2.24, 2.45) is 0 Å². The van der Waals surface area contributed by atoms with E-state index in [-0.39, 0.29) is 16.6 Å². The molecule has 0 saturated heterocycles. The van der Waals surface area contributed by atoms with Gasteiger partial charge in [0.25, 0.3) is 0 Å². The molecule has 0 bridgehead atoms. The van der Waals surface area contributed by atoms with E-state index < -0.39 is 10.0 Å². The molecule has 0 saturated carbocycles. The van der Waals surface area contributed by atoms with Crippen molar-refractivity contribution in [3.63, 3.8) is 0 Å². The van der Waals surface area contributed by atoms with Crippen molar-refractivity contribution in [2.75, 3.05) is 13.7 Å². The summed E-state index contributed by atoms with van der Waals surface area (Å²) in [6.07, 6.45) is 1.80. The molecule has 2 rings (SSSR count). The van der Waals surface area contributed by atoms with Crippen LogP contribution in [0.4, 0.5) is 0 Å². The molecule has 0 spiro atoms. The minimum Gasteiger partial charge on any atom is -0.497 e. The van der Waals surface area contributed by atoms with Crippen LogP contribution in [0.25, 0.3) is 0 Å². The van der Waals surface area contributed by atoms with Gasteiger partial charge in [0.1, 0.15) is 15.8 Å². The van der Waals surface area contributed by atoms with Crippen LogP contribution in [0.1, 0.15) is 5.56 Å². The molecule has 0 unspecified atom stereocenters. The van der Waals surface area contributed by atoms with Gasteiger partial charge in [-0.15, -0.1) is 0 Å². The number of methoxy groups -OCH3 is 1. The van der Waals surface area contributed by atoms with Crippen LogP contribution >= 0.6 is 11.6 Å². The Bertz CT molecular complexity index is 702. The third-order valence-electron chi connectivity index (χ3n) is 2.85. The fraction of sp³-hybridized carbons (Fsp3) is 0.214. The molecule has 2 aromatic rings. The topological polar surface area (TPSA) is 68.3 Å². The lowest BCUT2D eigenvalue weighted by Gasteiger charge is -2.07. The number of hydrogen-bond donors (Lipinski definition) is 1. The van der Waals surface area contributed by atoms with Gasteiger partial charge in [0.2, 0.25) is 10.0 Å². The Morgan fingerprint density at radius 3 is 2.76 bits per heavy atom. The van der Waals surface area contributed by atoms with Crippen LogP contribution in [0.15, 0.2) is 47.5 Å². The van der Waals surface area contributed by atoms with Gasteiger partial charge in [-0.05, 0) is 36.2 Å². The van der Waals surface area contributed by atoms with Gasteiger partial charge >= 0.3 is 0 Å². The van der Waals surface area contributed by atoms with Crippen LogP contribution in [-0.4, -0.2) is 27.1 Å². The van der Waals surface area contributed by atoms with Crippen LogP contribution in [-0.2, 0) is 16.4 Å². The fourth-order valence-corrected chi connectivity index (χ4v) is 2.85. The highest BCUT2D eigenvalue weighted by atomic mass is 35.5. The number of rotatable bonds is 6. The SMILES string of the molecule is COc1cccc(CCNS(=O)(=O)c2ccc(Cl)nc2)c1. The molecule has 0 radical (unpaired) electrons. The zero-order chi connectivity index (χ0) is 15.3. The average Bonchev–Trinajstić information content (AvgIpc) is 2.48. The molecule has 0 aliphatic rings. The van der Waals surface area contributed by atoms with Crippen molar-refractivity contribution >= 4 is 21.6 Å². The molecule has 1 aromatic carbocycles. The number of hydrogen-bond acceptors (Lipinski definition) is 4. The molecule has 0 aliphatic heterocycles. The van der Waals surface area contributed by atoms with Crippen molar-refractivity contribution < 1.29 is 13.2 Å².